The van der Waals surface area contributed by atoms with Crippen LogP contribution in [0.5, 0.6) is 0 Å². The standard InChI is InChI=1S/C19H32N4O2.ClH/c24-17(21-13-6-19(7-14-21)5-8-20-15-19)16-3-11-23(12-4-16)18(25)22-9-1-2-10-22;/h16,20H,1-15H2;1H. The summed E-state index contributed by atoms with van der Waals surface area (Å²) in [6.07, 6.45) is 7.50. The molecule has 4 fully saturated rings. The average Bonchev–Trinajstić information content (AvgIpc) is 3.34. The zero-order chi connectivity index (χ0) is 17.3. The first-order valence-electron chi connectivity index (χ1n) is 10.2. The van der Waals surface area contributed by atoms with Gasteiger partial charge >= 0.3 is 6.03 Å². The number of hydrogen-bond acceptors (Lipinski definition) is 3. The number of rotatable bonds is 1. The molecule has 0 aromatic carbocycles. The molecule has 0 radical (unpaired) electrons. The Balaban J connectivity index is 0.00000196. The molecule has 4 heterocycles. The Morgan fingerprint density at radius 3 is 2.00 bits per heavy atom. The van der Waals surface area contributed by atoms with Gasteiger partial charge in [-0.3, -0.25) is 4.79 Å². The van der Waals surface area contributed by atoms with Crippen LogP contribution < -0.4 is 5.32 Å². The number of nitrogens with one attached hydrogen (secondary N) is 1. The van der Waals surface area contributed by atoms with Gasteiger partial charge in [-0.25, -0.2) is 4.79 Å². The predicted molar refractivity (Wildman–Crippen MR) is 103 cm³/mol. The molecule has 0 aromatic heterocycles. The lowest BCUT2D eigenvalue weighted by Crippen LogP contribution is -2.50. The van der Waals surface area contributed by atoms with Crippen molar-refractivity contribution in [2.75, 3.05) is 52.4 Å². The molecule has 0 unspecified atom stereocenters. The Morgan fingerprint density at radius 1 is 0.808 bits per heavy atom. The van der Waals surface area contributed by atoms with Crippen molar-refractivity contribution in [3.63, 3.8) is 0 Å². The topological polar surface area (TPSA) is 55.9 Å². The minimum absolute atomic E-state index is 0. The minimum atomic E-state index is 0. The summed E-state index contributed by atoms with van der Waals surface area (Å²) in [5.41, 5.74) is 0.461. The largest absolute Gasteiger partial charge is 0.342 e. The summed E-state index contributed by atoms with van der Waals surface area (Å²) in [5.74, 6) is 0.465. The van der Waals surface area contributed by atoms with Gasteiger partial charge in [0.1, 0.15) is 0 Å². The highest BCUT2D eigenvalue weighted by Crippen LogP contribution is 2.37. The van der Waals surface area contributed by atoms with Crippen LogP contribution in [0.3, 0.4) is 0 Å². The summed E-state index contributed by atoms with van der Waals surface area (Å²) in [7, 11) is 0. The van der Waals surface area contributed by atoms with E-state index in [9.17, 15) is 9.59 Å². The van der Waals surface area contributed by atoms with Crippen LogP contribution in [-0.4, -0.2) is 79.0 Å². The first kappa shape index (κ1) is 19.7. The van der Waals surface area contributed by atoms with Crippen LogP contribution in [0.2, 0.25) is 0 Å². The van der Waals surface area contributed by atoms with Gasteiger partial charge in [-0.2, -0.15) is 0 Å². The Morgan fingerprint density at radius 2 is 1.42 bits per heavy atom. The highest BCUT2D eigenvalue weighted by molar-refractivity contribution is 5.85. The summed E-state index contributed by atoms with van der Waals surface area (Å²) in [4.78, 5) is 31.4. The van der Waals surface area contributed by atoms with Crippen molar-refractivity contribution in [1.29, 1.82) is 0 Å². The van der Waals surface area contributed by atoms with Crippen molar-refractivity contribution in [3.05, 3.63) is 0 Å². The monoisotopic (exact) mass is 384 g/mol. The highest BCUT2D eigenvalue weighted by atomic mass is 35.5. The van der Waals surface area contributed by atoms with Crippen LogP contribution >= 0.6 is 12.4 Å². The van der Waals surface area contributed by atoms with E-state index in [0.717, 1.165) is 90.9 Å². The first-order chi connectivity index (χ1) is 12.2. The minimum Gasteiger partial charge on any atom is -0.342 e. The number of amides is 3. The molecule has 148 valence electrons. The molecule has 4 aliphatic rings. The smallest absolute Gasteiger partial charge is 0.319 e. The fourth-order valence-corrected chi connectivity index (χ4v) is 5.11. The van der Waals surface area contributed by atoms with Crippen molar-refractivity contribution in [2.24, 2.45) is 11.3 Å². The van der Waals surface area contributed by atoms with Gasteiger partial charge < -0.3 is 20.0 Å². The van der Waals surface area contributed by atoms with Crippen molar-refractivity contribution in [3.8, 4) is 0 Å². The van der Waals surface area contributed by atoms with Crippen LogP contribution in [-0.2, 0) is 4.79 Å². The van der Waals surface area contributed by atoms with Crippen molar-refractivity contribution in [2.45, 2.75) is 44.9 Å². The van der Waals surface area contributed by atoms with Gasteiger partial charge in [0, 0.05) is 51.7 Å². The van der Waals surface area contributed by atoms with Crippen LogP contribution in [0.1, 0.15) is 44.9 Å². The molecule has 1 N–H and O–H groups in total. The van der Waals surface area contributed by atoms with E-state index < -0.39 is 0 Å². The normalized spacial score (nSPS) is 26.2. The Hall–Kier alpha value is -1.01. The molecule has 6 nitrogen and oxygen atoms in total. The maximum absolute atomic E-state index is 12.9. The molecule has 7 heteroatoms. The third kappa shape index (κ3) is 3.96. The van der Waals surface area contributed by atoms with E-state index in [1.807, 2.05) is 9.80 Å². The van der Waals surface area contributed by atoms with Crippen molar-refractivity contribution < 1.29 is 9.59 Å². The number of urea groups is 1. The van der Waals surface area contributed by atoms with Gasteiger partial charge in [-0.05, 0) is 56.9 Å². The second-order valence-corrected chi connectivity index (χ2v) is 8.49. The molecule has 0 aliphatic carbocycles. The van der Waals surface area contributed by atoms with E-state index in [1.54, 1.807) is 0 Å². The number of piperidine rings is 2. The molecule has 0 aromatic rings. The summed E-state index contributed by atoms with van der Waals surface area (Å²) in [5, 5.41) is 3.48. The third-order valence-corrected chi connectivity index (χ3v) is 6.96. The average molecular weight is 385 g/mol. The number of hydrogen-bond donors (Lipinski definition) is 1. The van der Waals surface area contributed by atoms with Gasteiger partial charge in [0.2, 0.25) is 5.91 Å². The molecule has 0 atom stereocenters. The summed E-state index contributed by atoms with van der Waals surface area (Å²) >= 11 is 0. The van der Waals surface area contributed by atoms with Gasteiger partial charge in [0.25, 0.3) is 0 Å². The number of carbonyl (C=O) groups is 2. The van der Waals surface area contributed by atoms with Crippen molar-refractivity contribution in [1.82, 2.24) is 20.0 Å². The van der Waals surface area contributed by atoms with Crippen LogP contribution in [0, 0.1) is 11.3 Å². The molecule has 4 rings (SSSR count). The Labute approximate surface area is 163 Å². The lowest BCUT2D eigenvalue weighted by Gasteiger charge is -2.41. The molecule has 0 bridgehead atoms. The number of halogens is 1. The summed E-state index contributed by atoms with van der Waals surface area (Å²) in [6.45, 7) is 7.41. The second-order valence-electron chi connectivity index (χ2n) is 8.49. The van der Waals surface area contributed by atoms with Gasteiger partial charge in [-0.15, -0.1) is 12.4 Å². The molecule has 4 aliphatic heterocycles. The second kappa shape index (κ2) is 8.34. The third-order valence-electron chi connectivity index (χ3n) is 6.96. The van der Waals surface area contributed by atoms with Gasteiger partial charge in [-0.1, -0.05) is 0 Å². The van der Waals surface area contributed by atoms with Crippen molar-refractivity contribution >= 4 is 24.3 Å². The highest BCUT2D eigenvalue weighted by Gasteiger charge is 2.40. The Kier molecular flexibility index (Phi) is 6.33. The van der Waals surface area contributed by atoms with Gasteiger partial charge in [0.05, 0.1) is 0 Å². The number of carbonyl (C=O) groups excluding carboxylic acids is 2. The number of likely N-dealkylation sites (tertiary alicyclic amines) is 3. The molecule has 26 heavy (non-hydrogen) atoms. The molecule has 4 saturated heterocycles. The zero-order valence-electron chi connectivity index (χ0n) is 15.8. The Bertz CT molecular complexity index is 500. The summed E-state index contributed by atoms with van der Waals surface area (Å²) in [6, 6.07) is 0.192. The van der Waals surface area contributed by atoms with Gasteiger partial charge in [0.15, 0.2) is 0 Å². The van der Waals surface area contributed by atoms with E-state index in [1.165, 1.54) is 6.42 Å². The van der Waals surface area contributed by atoms with Crippen LogP contribution in [0.4, 0.5) is 4.79 Å². The molecular formula is C19H33ClN4O2. The van der Waals surface area contributed by atoms with E-state index >= 15 is 0 Å². The maximum atomic E-state index is 12.9. The first-order valence-corrected chi connectivity index (χ1v) is 10.2. The zero-order valence-corrected chi connectivity index (χ0v) is 16.6. The van der Waals surface area contributed by atoms with E-state index in [4.69, 9.17) is 0 Å². The maximum Gasteiger partial charge on any atom is 0.319 e. The fourth-order valence-electron chi connectivity index (χ4n) is 5.11. The van der Waals surface area contributed by atoms with E-state index in [0.29, 0.717) is 11.3 Å². The van der Waals surface area contributed by atoms with E-state index in [2.05, 4.69) is 10.2 Å². The lowest BCUT2D eigenvalue weighted by molar-refractivity contribution is -0.139. The predicted octanol–water partition coefficient (Wildman–Crippen LogP) is 1.94. The SMILES string of the molecule is Cl.O=C(C1CCN(C(=O)N2CCCC2)CC1)N1CCC2(CCNC2)CC1. The summed E-state index contributed by atoms with van der Waals surface area (Å²) < 4.78 is 0. The molecular weight excluding hydrogens is 352 g/mol. The molecule has 3 amide bonds. The van der Waals surface area contributed by atoms with E-state index in [-0.39, 0.29) is 24.4 Å². The quantitative estimate of drug-likeness (QED) is 0.751. The number of nitrogens with zero attached hydrogens (tertiary/aromatic N) is 3. The molecule has 0 saturated carbocycles. The van der Waals surface area contributed by atoms with Crippen LogP contribution in [0.15, 0.2) is 0 Å². The van der Waals surface area contributed by atoms with Crippen LogP contribution in [0.25, 0.3) is 0 Å². The molecule has 1 spiro atoms. The fraction of sp³-hybridized carbons (Fsp3) is 0.895. The lowest BCUT2D eigenvalue weighted by atomic mass is 9.77.